The molecule has 0 unspecified atom stereocenters. The van der Waals surface area contributed by atoms with Gasteiger partial charge in [0.1, 0.15) is 0 Å². The number of fused-ring (bicyclic) bond motifs is 1. The SMILES string of the molecule is CCc1cccc2sc(N3CCN(c4cnn(C)c(=O)c4)CC3)nc12. The average molecular weight is 355 g/mol. The number of aromatic nitrogens is 3. The molecule has 2 aromatic heterocycles. The fourth-order valence-electron chi connectivity index (χ4n) is 3.20. The molecule has 0 saturated carbocycles. The van der Waals surface area contributed by atoms with Crippen molar-refractivity contribution in [3.8, 4) is 0 Å². The van der Waals surface area contributed by atoms with Gasteiger partial charge in [0.15, 0.2) is 5.13 Å². The molecule has 0 bridgehead atoms. The molecule has 130 valence electrons. The predicted octanol–water partition coefficient (Wildman–Crippen LogP) is 2.28. The summed E-state index contributed by atoms with van der Waals surface area (Å²) in [5, 5.41) is 5.21. The third kappa shape index (κ3) is 3.00. The number of hydrogen-bond donors (Lipinski definition) is 0. The largest absolute Gasteiger partial charge is 0.367 e. The third-order valence-corrected chi connectivity index (χ3v) is 5.82. The molecule has 1 aromatic carbocycles. The number of benzene rings is 1. The summed E-state index contributed by atoms with van der Waals surface area (Å²) in [6, 6.07) is 8.09. The van der Waals surface area contributed by atoms with Gasteiger partial charge in [0.05, 0.1) is 22.1 Å². The minimum Gasteiger partial charge on any atom is -0.367 e. The van der Waals surface area contributed by atoms with Gasteiger partial charge in [-0.2, -0.15) is 5.10 Å². The summed E-state index contributed by atoms with van der Waals surface area (Å²) >= 11 is 1.77. The van der Waals surface area contributed by atoms with Crippen LogP contribution in [0.25, 0.3) is 10.2 Å². The van der Waals surface area contributed by atoms with Crippen LogP contribution >= 0.6 is 11.3 Å². The van der Waals surface area contributed by atoms with Crippen LogP contribution < -0.4 is 15.4 Å². The molecule has 3 aromatic rings. The molecule has 1 saturated heterocycles. The zero-order valence-corrected chi connectivity index (χ0v) is 15.3. The van der Waals surface area contributed by atoms with Crippen LogP contribution in [0.2, 0.25) is 0 Å². The smallest absolute Gasteiger partial charge is 0.268 e. The van der Waals surface area contributed by atoms with Crippen molar-refractivity contribution in [2.24, 2.45) is 7.05 Å². The minimum atomic E-state index is -0.0711. The first-order valence-electron chi connectivity index (χ1n) is 8.57. The molecule has 0 aliphatic carbocycles. The van der Waals surface area contributed by atoms with Gasteiger partial charge >= 0.3 is 0 Å². The molecule has 0 spiro atoms. The Bertz CT molecular complexity index is 955. The van der Waals surface area contributed by atoms with E-state index in [0.717, 1.165) is 48.9 Å². The van der Waals surface area contributed by atoms with E-state index in [2.05, 4.69) is 40.0 Å². The van der Waals surface area contributed by atoms with Crippen LogP contribution in [0.1, 0.15) is 12.5 Å². The molecule has 0 radical (unpaired) electrons. The topological polar surface area (TPSA) is 54.3 Å². The second-order valence-corrected chi connectivity index (χ2v) is 7.27. The Balaban J connectivity index is 1.52. The number of anilines is 2. The molecule has 0 N–H and O–H groups in total. The number of thiazole rings is 1. The van der Waals surface area contributed by atoms with Crippen molar-refractivity contribution < 1.29 is 0 Å². The second kappa shape index (κ2) is 6.48. The molecular formula is C18H21N5OS. The number of nitrogens with zero attached hydrogens (tertiary/aromatic N) is 5. The first-order chi connectivity index (χ1) is 12.2. The van der Waals surface area contributed by atoms with Crippen molar-refractivity contribution >= 4 is 32.4 Å². The number of para-hydroxylation sites is 1. The standard InChI is InChI=1S/C18H21N5OS/c1-3-13-5-4-6-15-17(13)20-18(25-15)23-9-7-22(8-10-23)14-11-16(24)21(2)19-12-14/h4-6,11-12H,3,7-10H2,1-2H3. The van der Waals surface area contributed by atoms with Crippen LogP contribution in [0.15, 0.2) is 35.3 Å². The second-order valence-electron chi connectivity index (χ2n) is 6.26. The Morgan fingerprint density at radius 3 is 2.64 bits per heavy atom. The van der Waals surface area contributed by atoms with Crippen LogP contribution in [-0.2, 0) is 13.5 Å². The lowest BCUT2D eigenvalue weighted by molar-refractivity contribution is 0.642. The summed E-state index contributed by atoms with van der Waals surface area (Å²) in [6.45, 7) is 5.70. The van der Waals surface area contributed by atoms with Crippen LogP contribution in [-0.4, -0.2) is 40.9 Å². The van der Waals surface area contributed by atoms with Gasteiger partial charge in [-0.1, -0.05) is 30.4 Å². The Labute approximate surface area is 150 Å². The molecule has 25 heavy (non-hydrogen) atoms. The molecular weight excluding hydrogens is 334 g/mol. The maximum Gasteiger partial charge on any atom is 0.268 e. The van der Waals surface area contributed by atoms with Crippen LogP contribution in [0, 0.1) is 0 Å². The fraction of sp³-hybridized carbons (Fsp3) is 0.389. The third-order valence-electron chi connectivity index (χ3n) is 4.74. The van der Waals surface area contributed by atoms with E-state index in [0.29, 0.717) is 0 Å². The van der Waals surface area contributed by atoms with Crippen molar-refractivity contribution in [2.75, 3.05) is 36.0 Å². The van der Waals surface area contributed by atoms with E-state index in [1.54, 1.807) is 30.6 Å². The monoisotopic (exact) mass is 355 g/mol. The normalized spacial score (nSPS) is 15.1. The van der Waals surface area contributed by atoms with Gasteiger partial charge in [-0.05, 0) is 18.1 Å². The van der Waals surface area contributed by atoms with Crippen molar-refractivity contribution in [3.63, 3.8) is 0 Å². The zero-order chi connectivity index (χ0) is 17.4. The Morgan fingerprint density at radius 1 is 1.16 bits per heavy atom. The molecule has 0 atom stereocenters. The highest BCUT2D eigenvalue weighted by Gasteiger charge is 2.21. The number of hydrogen-bond acceptors (Lipinski definition) is 6. The van der Waals surface area contributed by atoms with E-state index < -0.39 is 0 Å². The maximum absolute atomic E-state index is 11.8. The highest BCUT2D eigenvalue weighted by Crippen LogP contribution is 2.31. The molecule has 1 aliphatic rings. The minimum absolute atomic E-state index is 0.0711. The zero-order valence-electron chi connectivity index (χ0n) is 14.5. The Kier molecular flexibility index (Phi) is 4.17. The van der Waals surface area contributed by atoms with Gasteiger partial charge < -0.3 is 9.80 Å². The van der Waals surface area contributed by atoms with Crippen molar-refractivity contribution in [1.29, 1.82) is 0 Å². The van der Waals surface area contributed by atoms with Gasteiger partial charge in [0.25, 0.3) is 5.56 Å². The van der Waals surface area contributed by atoms with Crippen molar-refractivity contribution in [2.45, 2.75) is 13.3 Å². The van der Waals surface area contributed by atoms with Crippen molar-refractivity contribution in [3.05, 3.63) is 46.4 Å². The molecule has 0 amide bonds. The lowest BCUT2D eigenvalue weighted by Gasteiger charge is -2.35. The quantitative estimate of drug-likeness (QED) is 0.721. The van der Waals surface area contributed by atoms with Crippen LogP contribution in [0.5, 0.6) is 0 Å². The van der Waals surface area contributed by atoms with E-state index in [4.69, 9.17) is 4.98 Å². The summed E-state index contributed by atoms with van der Waals surface area (Å²) in [5.41, 5.74) is 3.28. The maximum atomic E-state index is 11.8. The van der Waals surface area contributed by atoms with Crippen LogP contribution in [0.4, 0.5) is 10.8 Å². The van der Waals surface area contributed by atoms with Gasteiger partial charge in [0.2, 0.25) is 0 Å². The number of rotatable bonds is 3. The Morgan fingerprint density at radius 2 is 1.92 bits per heavy atom. The van der Waals surface area contributed by atoms with Crippen LogP contribution in [0.3, 0.4) is 0 Å². The van der Waals surface area contributed by atoms with E-state index in [1.807, 2.05) is 0 Å². The van der Waals surface area contributed by atoms with Gasteiger partial charge in [-0.25, -0.2) is 9.67 Å². The molecule has 4 rings (SSSR count). The molecule has 6 nitrogen and oxygen atoms in total. The molecule has 1 aliphatic heterocycles. The summed E-state index contributed by atoms with van der Waals surface area (Å²) in [5.74, 6) is 0. The molecule has 1 fully saturated rings. The molecule has 7 heteroatoms. The Hall–Kier alpha value is -2.41. The van der Waals surface area contributed by atoms with E-state index in [-0.39, 0.29) is 5.56 Å². The lowest BCUT2D eigenvalue weighted by Crippen LogP contribution is -2.47. The first kappa shape index (κ1) is 16.1. The summed E-state index contributed by atoms with van der Waals surface area (Å²) in [4.78, 5) is 21.2. The van der Waals surface area contributed by atoms with Gasteiger partial charge in [-0.3, -0.25) is 4.79 Å². The number of piperazine rings is 1. The van der Waals surface area contributed by atoms with Gasteiger partial charge in [-0.15, -0.1) is 0 Å². The summed E-state index contributed by atoms with van der Waals surface area (Å²) < 4.78 is 2.61. The summed E-state index contributed by atoms with van der Waals surface area (Å²) in [7, 11) is 1.67. The lowest BCUT2D eigenvalue weighted by atomic mass is 10.1. The average Bonchev–Trinajstić information content (AvgIpc) is 3.08. The predicted molar refractivity (Wildman–Crippen MR) is 103 cm³/mol. The van der Waals surface area contributed by atoms with Crippen molar-refractivity contribution in [1.82, 2.24) is 14.8 Å². The van der Waals surface area contributed by atoms with E-state index in [1.165, 1.54) is 14.9 Å². The highest BCUT2D eigenvalue weighted by atomic mass is 32.1. The first-order valence-corrected chi connectivity index (χ1v) is 9.39. The number of aryl methyl sites for hydroxylation is 2. The fourth-order valence-corrected chi connectivity index (χ4v) is 4.27. The van der Waals surface area contributed by atoms with E-state index >= 15 is 0 Å². The van der Waals surface area contributed by atoms with Gasteiger partial charge in [0, 0.05) is 39.3 Å². The molecule has 3 heterocycles. The van der Waals surface area contributed by atoms with E-state index in [9.17, 15) is 4.79 Å². The highest BCUT2D eigenvalue weighted by molar-refractivity contribution is 7.22. The summed E-state index contributed by atoms with van der Waals surface area (Å²) in [6.07, 6.45) is 2.77.